The first-order valence-corrected chi connectivity index (χ1v) is 6.66. The van der Waals surface area contributed by atoms with Crippen molar-refractivity contribution in [3.05, 3.63) is 0 Å². The Balaban J connectivity index is 2.34. The molecule has 1 saturated heterocycles. The van der Waals surface area contributed by atoms with E-state index in [-0.39, 0.29) is 5.54 Å². The Morgan fingerprint density at radius 3 is 2.69 bits per heavy atom. The summed E-state index contributed by atoms with van der Waals surface area (Å²) in [6.45, 7) is 14.1. The highest BCUT2D eigenvalue weighted by molar-refractivity contribution is 4.91. The number of ether oxygens (including phenoxy) is 1. The lowest BCUT2D eigenvalue weighted by molar-refractivity contribution is 0.0483. The van der Waals surface area contributed by atoms with E-state index in [1.165, 1.54) is 6.42 Å². The first kappa shape index (κ1) is 13.9. The smallest absolute Gasteiger partial charge is 0.0593 e. The van der Waals surface area contributed by atoms with Crippen LogP contribution in [0.25, 0.3) is 0 Å². The molecule has 1 aliphatic rings. The second kappa shape index (κ2) is 6.58. The predicted octanol–water partition coefficient (Wildman–Crippen LogP) is 1.88. The van der Waals surface area contributed by atoms with E-state index in [1.807, 2.05) is 0 Å². The van der Waals surface area contributed by atoms with Crippen LogP contribution in [-0.2, 0) is 4.74 Å². The van der Waals surface area contributed by atoms with Crippen LogP contribution in [0.3, 0.4) is 0 Å². The molecule has 1 heterocycles. The first-order chi connectivity index (χ1) is 7.59. The highest BCUT2D eigenvalue weighted by atomic mass is 16.5. The lowest BCUT2D eigenvalue weighted by Gasteiger charge is -2.44. The van der Waals surface area contributed by atoms with Crippen LogP contribution in [-0.4, -0.2) is 49.3 Å². The minimum absolute atomic E-state index is 0.246. The van der Waals surface area contributed by atoms with Crippen LogP contribution in [0.4, 0.5) is 0 Å². The maximum absolute atomic E-state index is 5.58. The monoisotopic (exact) mass is 228 g/mol. The Morgan fingerprint density at radius 2 is 2.06 bits per heavy atom. The van der Waals surface area contributed by atoms with Gasteiger partial charge < -0.3 is 10.1 Å². The molecule has 1 N–H and O–H groups in total. The highest BCUT2D eigenvalue weighted by Crippen LogP contribution is 2.16. The number of nitrogens with zero attached hydrogens (tertiary/aromatic N) is 1. The second-order valence-corrected chi connectivity index (χ2v) is 5.41. The van der Waals surface area contributed by atoms with Gasteiger partial charge in [-0.25, -0.2) is 0 Å². The van der Waals surface area contributed by atoms with Crippen molar-refractivity contribution in [3.8, 4) is 0 Å². The minimum Gasteiger partial charge on any atom is -0.380 e. The normalized spacial score (nSPS) is 25.9. The van der Waals surface area contributed by atoms with Gasteiger partial charge in [-0.05, 0) is 26.7 Å². The van der Waals surface area contributed by atoms with E-state index in [1.54, 1.807) is 0 Å². The van der Waals surface area contributed by atoms with Crippen molar-refractivity contribution in [2.24, 2.45) is 0 Å². The topological polar surface area (TPSA) is 24.5 Å². The molecular weight excluding hydrogens is 200 g/mol. The molecule has 0 aromatic rings. The molecule has 0 bridgehead atoms. The molecule has 1 fully saturated rings. The second-order valence-electron chi connectivity index (χ2n) is 5.41. The quantitative estimate of drug-likeness (QED) is 0.703. The van der Waals surface area contributed by atoms with Gasteiger partial charge in [0, 0.05) is 37.8 Å². The Bertz CT molecular complexity index is 194. The molecule has 1 atom stereocenters. The van der Waals surface area contributed by atoms with Gasteiger partial charge in [0.2, 0.25) is 0 Å². The van der Waals surface area contributed by atoms with E-state index in [9.17, 15) is 0 Å². The fraction of sp³-hybridized carbons (Fsp3) is 1.00. The van der Waals surface area contributed by atoms with Crippen LogP contribution in [0.2, 0.25) is 0 Å². The van der Waals surface area contributed by atoms with E-state index in [0.29, 0.717) is 6.04 Å². The molecule has 0 aromatic carbocycles. The summed E-state index contributed by atoms with van der Waals surface area (Å²) >= 11 is 0. The highest BCUT2D eigenvalue weighted by Gasteiger charge is 2.30. The van der Waals surface area contributed by atoms with E-state index < -0.39 is 0 Å². The molecule has 0 amide bonds. The largest absolute Gasteiger partial charge is 0.380 e. The Hall–Kier alpha value is -0.120. The van der Waals surface area contributed by atoms with Crippen molar-refractivity contribution in [2.75, 3.05) is 32.8 Å². The van der Waals surface area contributed by atoms with Gasteiger partial charge in [-0.15, -0.1) is 0 Å². The van der Waals surface area contributed by atoms with E-state index in [4.69, 9.17) is 4.74 Å². The summed E-state index contributed by atoms with van der Waals surface area (Å²) in [5, 5.41) is 3.61. The van der Waals surface area contributed by atoms with Crippen LogP contribution in [0.15, 0.2) is 0 Å². The summed E-state index contributed by atoms with van der Waals surface area (Å²) in [6, 6.07) is 0.679. The lowest BCUT2D eigenvalue weighted by atomic mass is 9.98. The van der Waals surface area contributed by atoms with E-state index in [0.717, 1.165) is 39.3 Å². The summed E-state index contributed by atoms with van der Waals surface area (Å²) in [5.74, 6) is 0. The van der Waals surface area contributed by atoms with Gasteiger partial charge in [0.1, 0.15) is 0 Å². The fourth-order valence-electron chi connectivity index (χ4n) is 2.31. The van der Waals surface area contributed by atoms with Crippen LogP contribution < -0.4 is 5.32 Å². The molecule has 1 aliphatic heterocycles. The van der Waals surface area contributed by atoms with Gasteiger partial charge in [-0.1, -0.05) is 13.8 Å². The zero-order valence-electron chi connectivity index (χ0n) is 11.4. The van der Waals surface area contributed by atoms with Crippen molar-refractivity contribution in [2.45, 2.75) is 52.1 Å². The molecule has 96 valence electrons. The third-order valence-electron chi connectivity index (χ3n) is 3.27. The maximum atomic E-state index is 5.58. The SMILES string of the molecule is CCCOCCN1CC(C)(C)NCC1CC. The van der Waals surface area contributed by atoms with Crippen LogP contribution in [0.1, 0.15) is 40.5 Å². The molecule has 1 rings (SSSR count). The number of nitrogens with one attached hydrogen (secondary N) is 1. The maximum Gasteiger partial charge on any atom is 0.0593 e. The Labute approximate surface area is 101 Å². The average Bonchev–Trinajstić information content (AvgIpc) is 2.24. The van der Waals surface area contributed by atoms with E-state index >= 15 is 0 Å². The molecule has 0 spiro atoms. The molecule has 1 unspecified atom stereocenters. The van der Waals surface area contributed by atoms with Gasteiger partial charge in [-0.2, -0.15) is 0 Å². The lowest BCUT2D eigenvalue weighted by Crippen LogP contribution is -2.61. The number of rotatable bonds is 6. The number of piperazine rings is 1. The van der Waals surface area contributed by atoms with Crippen molar-refractivity contribution < 1.29 is 4.74 Å². The molecule has 0 saturated carbocycles. The van der Waals surface area contributed by atoms with Crippen molar-refractivity contribution in [1.82, 2.24) is 10.2 Å². The molecule has 0 aromatic heterocycles. The molecule has 3 heteroatoms. The molecule has 3 nitrogen and oxygen atoms in total. The average molecular weight is 228 g/mol. The first-order valence-electron chi connectivity index (χ1n) is 6.66. The molecule has 0 aliphatic carbocycles. The van der Waals surface area contributed by atoms with Crippen LogP contribution in [0.5, 0.6) is 0 Å². The van der Waals surface area contributed by atoms with Gasteiger partial charge >= 0.3 is 0 Å². The summed E-state index contributed by atoms with van der Waals surface area (Å²) in [6.07, 6.45) is 2.33. The Kier molecular flexibility index (Phi) is 5.73. The van der Waals surface area contributed by atoms with Crippen molar-refractivity contribution in [1.29, 1.82) is 0 Å². The van der Waals surface area contributed by atoms with Crippen molar-refractivity contribution >= 4 is 0 Å². The number of hydrogen-bond acceptors (Lipinski definition) is 3. The molecule has 16 heavy (non-hydrogen) atoms. The number of hydrogen-bond donors (Lipinski definition) is 1. The van der Waals surface area contributed by atoms with Gasteiger partial charge in [0.15, 0.2) is 0 Å². The standard InChI is InChI=1S/C13H28N2O/c1-5-8-16-9-7-15-11-13(3,4)14-10-12(15)6-2/h12,14H,5-11H2,1-4H3. The summed E-state index contributed by atoms with van der Waals surface area (Å²) < 4.78 is 5.58. The summed E-state index contributed by atoms with van der Waals surface area (Å²) in [7, 11) is 0. The minimum atomic E-state index is 0.246. The summed E-state index contributed by atoms with van der Waals surface area (Å²) in [4.78, 5) is 2.58. The third kappa shape index (κ3) is 4.40. The predicted molar refractivity (Wildman–Crippen MR) is 68.8 cm³/mol. The van der Waals surface area contributed by atoms with Crippen molar-refractivity contribution in [3.63, 3.8) is 0 Å². The molecule has 0 radical (unpaired) electrons. The van der Waals surface area contributed by atoms with E-state index in [2.05, 4.69) is 37.9 Å². The van der Waals surface area contributed by atoms with Gasteiger partial charge in [-0.3, -0.25) is 4.90 Å². The third-order valence-corrected chi connectivity index (χ3v) is 3.27. The van der Waals surface area contributed by atoms with Crippen LogP contribution >= 0.6 is 0 Å². The summed E-state index contributed by atoms with van der Waals surface area (Å²) in [5.41, 5.74) is 0.246. The Morgan fingerprint density at radius 1 is 1.31 bits per heavy atom. The molecular formula is C13H28N2O. The van der Waals surface area contributed by atoms with Gasteiger partial charge in [0.05, 0.1) is 6.61 Å². The van der Waals surface area contributed by atoms with Gasteiger partial charge in [0.25, 0.3) is 0 Å². The van der Waals surface area contributed by atoms with Crippen LogP contribution in [0, 0.1) is 0 Å². The zero-order valence-corrected chi connectivity index (χ0v) is 11.4. The fourth-order valence-corrected chi connectivity index (χ4v) is 2.31. The zero-order chi connectivity index (χ0) is 12.0.